The molecule has 3 aromatic rings. The number of halogens is 2. The van der Waals surface area contributed by atoms with E-state index in [1.54, 1.807) is 30.5 Å². The molecular weight excluding hydrogens is 361 g/mol. The molecule has 6 nitrogen and oxygen atoms in total. The van der Waals surface area contributed by atoms with E-state index in [2.05, 4.69) is 4.98 Å². The van der Waals surface area contributed by atoms with Gasteiger partial charge in [-0.1, -0.05) is 36.4 Å². The maximum Gasteiger partial charge on any atom is 0.226 e. The van der Waals surface area contributed by atoms with Crippen molar-refractivity contribution in [1.29, 1.82) is 10.8 Å². The molecule has 0 bridgehead atoms. The summed E-state index contributed by atoms with van der Waals surface area (Å²) >= 11 is 0. The predicted octanol–water partition coefficient (Wildman–Crippen LogP) is 3.42. The number of oxazole rings is 1. The van der Waals surface area contributed by atoms with E-state index in [0.717, 1.165) is 11.1 Å². The molecule has 0 unspecified atom stereocenters. The van der Waals surface area contributed by atoms with Gasteiger partial charge in [-0.05, 0) is 12.1 Å². The summed E-state index contributed by atoms with van der Waals surface area (Å²) in [5.74, 6) is 1.17. The maximum absolute atomic E-state index is 7.39. The van der Waals surface area contributed by atoms with Crippen LogP contribution in [0.4, 0.5) is 0 Å². The Morgan fingerprint density at radius 3 is 1.64 bits per heavy atom. The number of aromatic nitrogens is 1. The van der Waals surface area contributed by atoms with Gasteiger partial charge in [-0.2, -0.15) is 0 Å². The molecule has 1 heterocycles. The molecule has 3 rings (SSSR count). The van der Waals surface area contributed by atoms with Crippen LogP contribution < -0.4 is 11.5 Å². The van der Waals surface area contributed by atoms with Crippen molar-refractivity contribution in [3.8, 4) is 22.8 Å². The van der Waals surface area contributed by atoms with Gasteiger partial charge in [-0.25, -0.2) is 4.98 Å². The van der Waals surface area contributed by atoms with E-state index in [-0.39, 0.29) is 36.5 Å². The molecule has 0 fully saturated rings. The van der Waals surface area contributed by atoms with Gasteiger partial charge in [-0.3, -0.25) is 10.8 Å². The highest BCUT2D eigenvalue weighted by Gasteiger charge is 2.09. The molecular formula is C17H17Cl2N5O. The number of hydrogen-bond donors (Lipinski definition) is 4. The third-order valence-electron chi connectivity index (χ3n) is 3.43. The fourth-order valence-corrected chi connectivity index (χ4v) is 2.15. The third-order valence-corrected chi connectivity index (χ3v) is 3.43. The third kappa shape index (κ3) is 4.37. The smallest absolute Gasteiger partial charge is 0.226 e. The molecule has 0 saturated heterocycles. The van der Waals surface area contributed by atoms with E-state index < -0.39 is 0 Å². The summed E-state index contributed by atoms with van der Waals surface area (Å²) in [6, 6.07) is 14.3. The van der Waals surface area contributed by atoms with Crippen LogP contribution in [-0.4, -0.2) is 16.7 Å². The predicted molar refractivity (Wildman–Crippen MR) is 104 cm³/mol. The summed E-state index contributed by atoms with van der Waals surface area (Å²) in [5, 5.41) is 14.8. The normalized spacial score (nSPS) is 9.60. The maximum atomic E-state index is 7.39. The number of nitrogens with one attached hydrogen (secondary N) is 2. The Bertz CT molecular complexity index is 801. The molecule has 8 heteroatoms. The monoisotopic (exact) mass is 377 g/mol. The molecule has 0 radical (unpaired) electrons. The summed E-state index contributed by atoms with van der Waals surface area (Å²) in [5.41, 5.74) is 13.9. The summed E-state index contributed by atoms with van der Waals surface area (Å²) in [7, 11) is 0. The van der Waals surface area contributed by atoms with Crippen molar-refractivity contribution < 1.29 is 4.42 Å². The summed E-state index contributed by atoms with van der Waals surface area (Å²) in [6.07, 6.45) is 1.65. The lowest BCUT2D eigenvalue weighted by Crippen LogP contribution is -2.10. The van der Waals surface area contributed by atoms with Gasteiger partial charge in [0.05, 0.1) is 6.20 Å². The zero-order chi connectivity index (χ0) is 16.4. The highest BCUT2D eigenvalue weighted by Crippen LogP contribution is 2.26. The number of nitrogens with two attached hydrogens (primary N) is 2. The molecule has 0 spiro atoms. The summed E-state index contributed by atoms with van der Waals surface area (Å²) in [4.78, 5) is 4.28. The van der Waals surface area contributed by atoms with Crippen LogP contribution in [0.1, 0.15) is 11.1 Å². The number of benzene rings is 2. The van der Waals surface area contributed by atoms with Crippen LogP contribution in [0.25, 0.3) is 22.8 Å². The fraction of sp³-hybridized carbons (Fsp3) is 0. The van der Waals surface area contributed by atoms with Crippen molar-refractivity contribution in [3.63, 3.8) is 0 Å². The minimum atomic E-state index is 0. The Balaban J connectivity index is 0.00000156. The van der Waals surface area contributed by atoms with Crippen molar-refractivity contribution in [2.75, 3.05) is 0 Å². The highest BCUT2D eigenvalue weighted by molar-refractivity contribution is 5.95. The van der Waals surface area contributed by atoms with Crippen LogP contribution >= 0.6 is 24.8 Å². The lowest BCUT2D eigenvalue weighted by Gasteiger charge is -2.01. The Hall–Kier alpha value is -2.83. The van der Waals surface area contributed by atoms with Crippen molar-refractivity contribution in [1.82, 2.24) is 4.98 Å². The van der Waals surface area contributed by atoms with Crippen LogP contribution in [0.2, 0.25) is 0 Å². The van der Waals surface area contributed by atoms with Gasteiger partial charge >= 0.3 is 0 Å². The van der Waals surface area contributed by atoms with Crippen LogP contribution in [0.15, 0.2) is 59.1 Å². The lowest BCUT2D eigenvalue weighted by atomic mass is 10.1. The molecule has 2 aromatic carbocycles. The largest absolute Gasteiger partial charge is 0.436 e. The highest BCUT2D eigenvalue weighted by atomic mass is 35.5. The Morgan fingerprint density at radius 1 is 0.760 bits per heavy atom. The second-order valence-corrected chi connectivity index (χ2v) is 5.01. The average molecular weight is 378 g/mol. The average Bonchev–Trinajstić information content (AvgIpc) is 3.05. The lowest BCUT2D eigenvalue weighted by molar-refractivity contribution is 0.589. The number of hydrogen-bond acceptors (Lipinski definition) is 4. The van der Waals surface area contributed by atoms with Crippen molar-refractivity contribution >= 4 is 36.5 Å². The second kappa shape index (κ2) is 8.32. The van der Waals surface area contributed by atoms with Crippen molar-refractivity contribution in [2.24, 2.45) is 11.5 Å². The van der Waals surface area contributed by atoms with Crippen molar-refractivity contribution in [3.05, 3.63) is 65.9 Å². The first-order valence-corrected chi connectivity index (χ1v) is 6.90. The molecule has 25 heavy (non-hydrogen) atoms. The van der Waals surface area contributed by atoms with E-state index >= 15 is 0 Å². The van der Waals surface area contributed by atoms with Gasteiger partial charge in [0.15, 0.2) is 5.76 Å². The quantitative estimate of drug-likeness (QED) is 0.410. The first-order valence-electron chi connectivity index (χ1n) is 6.90. The zero-order valence-electron chi connectivity index (χ0n) is 13.0. The minimum Gasteiger partial charge on any atom is -0.436 e. The number of amidine groups is 2. The molecule has 1 aromatic heterocycles. The van der Waals surface area contributed by atoms with Crippen LogP contribution in [0.3, 0.4) is 0 Å². The summed E-state index contributed by atoms with van der Waals surface area (Å²) < 4.78 is 5.78. The van der Waals surface area contributed by atoms with Crippen LogP contribution in [0, 0.1) is 10.8 Å². The Labute approximate surface area is 157 Å². The Morgan fingerprint density at radius 2 is 1.20 bits per heavy atom. The van der Waals surface area contributed by atoms with E-state index in [1.807, 2.05) is 24.3 Å². The number of nitrogens with zero attached hydrogens (tertiary/aromatic N) is 1. The minimum absolute atomic E-state index is 0. The summed E-state index contributed by atoms with van der Waals surface area (Å²) in [6.45, 7) is 0. The van der Waals surface area contributed by atoms with Crippen LogP contribution in [0.5, 0.6) is 0 Å². The molecule has 130 valence electrons. The molecule has 0 aliphatic heterocycles. The van der Waals surface area contributed by atoms with Gasteiger partial charge in [0, 0.05) is 22.3 Å². The van der Waals surface area contributed by atoms with Crippen molar-refractivity contribution in [2.45, 2.75) is 0 Å². The molecule has 6 N–H and O–H groups in total. The van der Waals surface area contributed by atoms with E-state index in [9.17, 15) is 0 Å². The first kappa shape index (κ1) is 20.2. The van der Waals surface area contributed by atoms with Gasteiger partial charge in [0.2, 0.25) is 5.89 Å². The molecule has 0 atom stereocenters. The van der Waals surface area contributed by atoms with Crippen LogP contribution in [-0.2, 0) is 0 Å². The molecule has 0 aliphatic rings. The SMILES string of the molecule is Cl.Cl.N=C(N)c1ccc(-c2cnc(-c3ccc(C(=N)N)cc3)o2)cc1. The first-order chi connectivity index (χ1) is 11.0. The van der Waals surface area contributed by atoms with Gasteiger partial charge < -0.3 is 15.9 Å². The van der Waals surface area contributed by atoms with E-state index in [4.69, 9.17) is 26.7 Å². The molecule has 0 amide bonds. The van der Waals surface area contributed by atoms with Gasteiger partial charge in [0.1, 0.15) is 11.7 Å². The standard InChI is InChI=1S/C17H15N5O.2ClH/c18-15(19)11-3-1-10(2-4-11)14-9-22-17(23-14)13-7-5-12(6-8-13)16(20)21;;/h1-9H,(H3,18,19)(H3,20,21);2*1H. The molecule has 0 aliphatic carbocycles. The van der Waals surface area contributed by atoms with Gasteiger partial charge in [0.25, 0.3) is 0 Å². The topological polar surface area (TPSA) is 126 Å². The zero-order valence-corrected chi connectivity index (χ0v) is 14.7. The Kier molecular flexibility index (Phi) is 6.73. The molecule has 0 saturated carbocycles. The number of nitrogen functional groups attached to an aromatic ring is 2. The second-order valence-electron chi connectivity index (χ2n) is 5.01. The fourth-order valence-electron chi connectivity index (χ4n) is 2.15. The van der Waals surface area contributed by atoms with E-state index in [0.29, 0.717) is 22.8 Å². The van der Waals surface area contributed by atoms with Gasteiger partial charge in [-0.15, -0.1) is 24.8 Å². The number of rotatable bonds is 4. The van der Waals surface area contributed by atoms with E-state index in [1.165, 1.54) is 0 Å².